The van der Waals surface area contributed by atoms with Crippen molar-refractivity contribution in [2.24, 2.45) is 0 Å². The summed E-state index contributed by atoms with van der Waals surface area (Å²) in [5, 5.41) is 14.8. The normalized spacial score (nSPS) is 26.8. The SMILES string of the molecule is CC1(C)Cc2nc(N3CCOc4ccc(C(O)N5CC6CC5C(=O)O6)cc43)sc2C(=O)N1. The molecule has 3 unspecified atom stereocenters. The average Bonchev–Trinajstić information content (AvgIpc) is 3.45. The van der Waals surface area contributed by atoms with Crippen LogP contribution in [0.2, 0.25) is 0 Å². The molecule has 0 radical (unpaired) electrons. The molecule has 6 rings (SSSR count). The standard InChI is InChI=1S/C22H24N4O5S/c1-22(2)9-13-17(18(27)24-22)32-21(23-13)25-5-6-30-16-4-3-11(7-14(16)25)19(28)26-10-12-8-15(26)20(29)31-12/h3-4,7,12,15,19,28H,5-6,8-10H2,1-2H3,(H,24,27). The van der Waals surface area contributed by atoms with Gasteiger partial charge in [-0.1, -0.05) is 17.4 Å². The number of carbonyl (C=O) groups excluding carboxylic acids is 2. The number of nitrogens with zero attached hydrogens (tertiary/aromatic N) is 3. The molecule has 2 fully saturated rings. The summed E-state index contributed by atoms with van der Waals surface area (Å²) in [6.45, 7) is 5.60. The molecular weight excluding hydrogens is 432 g/mol. The van der Waals surface area contributed by atoms with Crippen molar-refractivity contribution < 1.29 is 24.2 Å². The fraction of sp³-hybridized carbons (Fsp3) is 0.500. The summed E-state index contributed by atoms with van der Waals surface area (Å²) < 4.78 is 11.1. The second-order valence-corrected chi connectivity index (χ2v) is 10.4. The highest BCUT2D eigenvalue weighted by Gasteiger charge is 2.49. The van der Waals surface area contributed by atoms with Gasteiger partial charge >= 0.3 is 5.97 Å². The molecule has 0 saturated carbocycles. The van der Waals surface area contributed by atoms with Crippen LogP contribution in [-0.4, -0.2) is 64.2 Å². The fourth-order valence-electron chi connectivity index (χ4n) is 5.02. The minimum atomic E-state index is -0.914. The molecule has 0 aliphatic carbocycles. The molecule has 1 aromatic heterocycles. The summed E-state index contributed by atoms with van der Waals surface area (Å²) >= 11 is 1.38. The number of nitrogens with one attached hydrogen (secondary N) is 1. The Kier molecular flexibility index (Phi) is 4.30. The molecule has 0 spiro atoms. The number of fused-ring (bicyclic) bond motifs is 4. The van der Waals surface area contributed by atoms with Crippen LogP contribution in [0.5, 0.6) is 5.75 Å². The first-order valence-electron chi connectivity index (χ1n) is 10.8. The first kappa shape index (κ1) is 20.0. The van der Waals surface area contributed by atoms with E-state index in [-0.39, 0.29) is 23.5 Å². The number of likely N-dealkylation sites (tertiary alicyclic amines) is 1. The summed E-state index contributed by atoms with van der Waals surface area (Å²) in [6.07, 6.45) is 0.243. The molecule has 2 saturated heterocycles. The molecule has 5 heterocycles. The molecule has 2 N–H and O–H groups in total. The summed E-state index contributed by atoms with van der Waals surface area (Å²) in [7, 11) is 0. The van der Waals surface area contributed by atoms with Gasteiger partial charge in [-0.2, -0.15) is 0 Å². The zero-order valence-corrected chi connectivity index (χ0v) is 18.6. The molecule has 4 aliphatic heterocycles. The van der Waals surface area contributed by atoms with E-state index in [1.165, 1.54) is 11.3 Å². The lowest BCUT2D eigenvalue weighted by molar-refractivity contribution is -0.158. The van der Waals surface area contributed by atoms with Crippen LogP contribution in [0, 0.1) is 0 Å². The van der Waals surface area contributed by atoms with Crippen LogP contribution in [0.1, 0.15) is 47.4 Å². The number of ether oxygens (including phenoxy) is 2. The Morgan fingerprint density at radius 2 is 2.19 bits per heavy atom. The van der Waals surface area contributed by atoms with E-state index in [1.807, 2.05) is 36.9 Å². The molecule has 32 heavy (non-hydrogen) atoms. The summed E-state index contributed by atoms with van der Waals surface area (Å²) in [6, 6.07) is 5.16. The number of carbonyl (C=O) groups is 2. The quantitative estimate of drug-likeness (QED) is 0.673. The average molecular weight is 457 g/mol. The molecule has 1 amide bonds. The molecule has 1 aromatic carbocycles. The van der Waals surface area contributed by atoms with Gasteiger partial charge in [-0.15, -0.1) is 0 Å². The van der Waals surface area contributed by atoms with Gasteiger partial charge in [0.2, 0.25) is 0 Å². The van der Waals surface area contributed by atoms with E-state index < -0.39 is 12.3 Å². The Labute approximate surface area is 188 Å². The molecule has 2 bridgehead atoms. The van der Waals surface area contributed by atoms with Crippen molar-refractivity contribution in [2.45, 2.75) is 50.6 Å². The van der Waals surface area contributed by atoms with Crippen LogP contribution >= 0.6 is 11.3 Å². The highest BCUT2D eigenvalue weighted by Crippen LogP contribution is 2.43. The van der Waals surface area contributed by atoms with Gasteiger partial charge in [-0.05, 0) is 31.5 Å². The Morgan fingerprint density at radius 1 is 1.34 bits per heavy atom. The molecule has 10 heteroatoms. The van der Waals surface area contributed by atoms with Crippen molar-refractivity contribution in [3.63, 3.8) is 0 Å². The lowest BCUT2D eigenvalue weighted by atomic mass is 9.94. The van der Waals surface area contributed by atoms with Crippen LogP contribution in [0.15, 0.2) is 18.2 Å². The molecule has 3 atom stereocenters. The Bertz CT molecular complexity index is 1130. The zero-order chi connectivity index (χ0) is 22.2. The zero-order valence-electron chi connectivity index (χ0n) is 17.8. The van der Waals surface area contributed by atoms with E-state index in [0.29, 0.717) is 48.7 Å². The van der Waals surface area contributed by atoms with Crippen LogP contribution in [0.3, 0.4) is 0 Å². The van der Waals surface area contributed by atoms with Gasteiger partial charge in [0.1, 0.15) is 35.6 Å². The van der Waals surface area contributed by atoms with Crippen molar-refractivity contribution in [3.05, 3.63) is 34.3 Å². The minimum absolute atomic E-state index is 0.0892. The molecule has 4 aliphatic rings. The van der Waals surface area contributed by atoms with Gasteiger partial charge in [0, 0.05) is 24.9 Å². The predicted molar refractivity (Wildman–Crippen MR) is 116 cm³/mol. The van der Waals surface area contributed by atoms with Crippen LogP contribution in [0.4, 0.5) is 10.8 Å². The van der Waals surface area contributed by atoms with Gasteiger partial charge in [0.05, 0.1) is 17.9 Å². The van der Waals surface area contributed by atoms with E-state index >= 15 is 0 Å². The largest absolute Gasteiger partial charge is 0.490 e. The number of thiazole rings is 1. The molecule has 168 valence electrons. The van der Waals surface area contributed by atoms with Crippen molar-refractivity contribution >= 4 is 34.0 Å². The number of anilines is 2. The Balaban J connectivity index is 1.33. The number of aliphatic hydroxyl groups is 1. The molecule has 2 aromatic rings. The highest BCUT2D eigenvalue weighted by molar-refractivity contribution is 7.17. The number of rotatable bonds is 3. The monoisotopic (exact) mass is 456 g/mol. The first-order chi connectivity index (χ1) is 15.3. The number of amides is 1. The van der Waals surface area contributed by atoms with Crippen LogP contribution < -0.4 is 15.0 Å². The maximum Gasteiger partial charge on any atom is 0.323 e. The van der Waals surface area contributed by atoms with E-state index in [9.17, 15) is 14.7 Å². The smallest absolute Gasteiger partial charge is 0.323 e. The van der Waals surface area contributed by atoms with Crippen molar-refractivity contribution in [3.8, 4) is 5.75 Å². The highest BCUT2D eigenvalue weighted by atomic mass is 32.1. The second kappa shape index (κ2) is 6.90. The Hall–Kier alpha value is -2.69. The second-order valence-electron chi connectivity index (χ2n) is 9.40. The predicted octanol–water partition coefficient (Wildman–Crippen LogP) is 1.73. The number of aliphatic hydroxyl groups excluding tert-OH is 1. The van der Waals surface area contributed by atoms with Crippen LogP contribution in [-0.2, 0) is 16.0 Å². The summed E-state index contributed by atoms with van der Waals surface area (Å²) in [4.78, 5) is 33.8. The third-order valence-electron chi connectivity index (χ3n) is 6.50. The minimum Gasteiger partial charge on any atom is -0.490 e. The van der Waals surface area contributed by atoms with Gasteiger partial charge < -0.3 is 24.8 Å². The maximum absolute atomic E-state index is 12.6. The number of benzene rings is 1. The third kappa shape index (κ3) is 3.08. The van der Waals surface area contributed by atoms with E-state index in [1.54, 1.807) is 4.90 Å². The Morgan fingerprint density at radius 3 is 2.97 bits per heavy atom. The lowest BCUT2D eigenvalue weighted by Crippen LogP contribution is -2.48. The van der Waals surface area contributed by atoms with Gasteiger partial charge in [-0.3, -0.25) is 14.5 Å². The number of hydrogen-bond acceptors (Lipinski definition) is 9. The van der Waals surface area contributed by atoms with Crippen LogP contribution in [0.25, 0.3) is 0 Å². The first-order valence-corrected chi connectivity index (χ1v) is 11.6. The third-order valence-corrected chi connectivity index (χ3v) is 7.62. The number of hydrogen-bond donors (Lipinski definition) is 2. The summed E-state index contributed by atoms with van der Waals surface area (Å²) in [5.41, 5.74) is 1.96. The number of aromatic nitrogens is 1. The van der Waals surface area contributed by atoms with Crippen molar-refractivity contribution in [2.75, 3.05) is 24.6 Å². The van der Waals surface area contributed by atoms with E-state index in [2.05, 4.69) is 5.32 Å². The molecular formula is C22H24N4O5S. The lowest BCUT2D eigenvalue weighted by Gasteiger charge is -2.33. The van der Waals surface area contributed by atoms with Gasteiger partial charge in [0.15, 0.2) is 5.13 Å². The fourth-order valence-corrected chi connectivity index (χ4v) is 6.03. The van der Waals surface area contributed by atoms with E-state index in [4.69, 9.17) is 14.5 Å². The maximum atomic E-state index is 12.6. The molecule has 9 nitrogen and oxygen atoms in total. The summed E-state index contributed by atoms with van der Waals surface area (Å²) in [5.74, 6) is 0.346. The van der Waals surface area contributed by atoms with Gasteiger partial charge in [-0.25, -0.2) is 4.98 Å². The van der Waals surface area contributed by atoms with Gasteiger partial charge in [0.25, 0.3) is 5.91 Å². The number of esters is 1. The topological polar surface area (TPSA) is 104 Å². The van der Waals surface area contributed by atoms with Crippen molar-refractivity contribution in [1.29, 1.82) is 0 Å². The van der Waals surface area contributed by atoms with Crippen molar-refractivity contribution in [1.82, 2.24) is 15.2 Å². The number of morpholine rings is 1. The van der Waals surface area contributed by atoms with E-state index in [0.717, 1.165) is 16.5 Å².